The van der Waals surface area contributed by atoms with E-state index in [1.165, 1.54) is 7.11 Å². The predicted octanol–water partition coefficient (Wildman–Crippen LogP) is 2.54. The molecule has 2 aliphatic heterocycles. The number of likely N-dealkylation sites (tertiary alicyclic amines) is 1. The van der Waals surface area contributed by atoms with Crippen LogP contribution in [0.25, 0.3) is 0 Å². The summed E-state index contributed by atoms with van der Waals surface area (Å²) in [4.78, 5) is 39.1. The van der Waals surface area contributed by atoms with Crippen molar-refractivity contribution in [2.75, 3.05) is 51.8 Å². The fraction of sp³-hybridized carbons (Fsp3) is 0.586. The Hall–Kier alpha value is -3.82. The number of anilines is 1. The Morgan fingerprint density at radius 1 is 1.29 bits per heavy atom. The van der Waals surface area contributed by atoms with E-state index in [4.69, 9.17) is 9.47 Å². The number of fused-ring (bicyclic) bond motifs is 1. The van der Waals surface area contributed by atoms with Gasteiger partial charge in [0.2, 0.25) is 5.82 Å². The first-order valence-corrected chi connectivity index (χ1v) is 14.3. The van der Waals surface area contributed by atoms with Gasteiger partial charge in [0.1, 0.15) is 12.3 Å². The Morgan fingerprint density at radius 3 is 2.85 bits per heavy atom. The molecule has 3 aliphatic rings. The van der Waals surface area contributed by atoms with Crippen molar-refractivity contribution < 1.29 is 19.2 Å². The zero-order valence-electron chi connectivity index (χ0n) is 23.7. The first-order chi connectivity index (χ1) is 19.9. The third-order valence-corrected chi connectivity index (χ3v) is 8.70. The lowest BCUT2D eigenvalue weighted by molar-refractivity contribution is -0.385. The van der Waals surface area contributed by atoms with Crippen LogP contribution in [0.4, 0.5) is 11.5 Å². The second-order valence-electron chi connectivity index (χ2n) is 11.2. The Bertz CT molecular complexity index is 1330. The summed E-state index contributed by atoms with van der Waals surface area (Å²) in [5.41, 5.74) is 0.629. The van der Waals surface area contributed by atoms with E-state index >= 15 is 0 Å². The quantitative estimate of drug-likeness (QED) is 0.273. The minimum absolute atomic E-state index is 0.0179. The first-order valence-electron chi connectivity index (χ1n) is 14.3. The van der Waals surface area contributed by atoms with Crippen molar-refractivity contribution >= 4 is 17.5 Å². The smallest absolute Gasteiger partial charge is 0.333 e. The molecule has 2 fully saturated rings. The van der Waals surface area contributed by atoms with Crippen molar-refractivity contribution in [3.63, 3.8) is 0 Å². The second-order valence-corrected chi connectivity index (χ2v) is 11.2. The molecule has 0 amide bonds. The highest BCUT2D eigenvalue weighted by Gasteiger charge is 2.47. The molecule has 12 heteroatoms. The molecule has 41 heavy (non-hydrogen) atoms. The number of likely N-dealkylation sites (N-methyl/N-ethyl adjacent to an activating group) is 1. The third kappa shape index (κ3) is 5.83. The van der Waals surface area contributed by atoms with E-state index in [0.717, 1.165) is 43.4 Å². The summed E-state index contributed by atoms with van der Waals surface area (Å²) in [6.45, 7) is 2.73. The van der Waals surface area contributed by atoms with Crippen LogP contribution in [-0.4, -0.2) is 84.8 Å². The summed E-state index contributed by atoms with van der Waals surface area (Å²) in [5, 5.41) is 25.3. The minimum Gasteiger partial charge on any atom is -0.468 e. The first kappa shape index (κ1) is 28.7. The third-order valence-electron chi connectivity index (χ3n) is 8.70. The maximum atomic E-state index is 13.5. The molecule has 218 valence electrons. The number of piperazine rings is 1. The van der Waals surface area contributed by atoms with E-state index in [-0.39, 0.29) is 48.1 Å². The second kappa shape index (κ2) is 12.4. The van der Waals surface area contributed by atoms with Gasteiger partial charge in [0, 0.05) is 38.1 Å². The lowest BCUT2D eigenvalue weighted by atomic mass is 9.67. The molecule has 0 radical (unpaired) electrons. The van der Waals surface area contributed by atoms with Gasteiger partial charge in [-0.05, 0) is 56.8 Å². The average Bonchev–Trinajstić information content (AvgIpc) is 3.40. The summed E-state index contributed by atoms with van der Waals surface area (Å²) in [7, 11) is 3.40. The van der Waals surface area contributed by atoms with Crippen LogP contribution in [0, 0.1) is 21.4 Å². The van der Waals surface area contributed by atoms with Gasteiger partial charge in [-0.2, -0.15) is 15.2 Å². The van der Waals surface area contributed by atoms with Crippen LogP contribution in [0.3, 0.4) is 0 Å². The van der Waals surface area contributed by atoms with Gasteiger partial charge in [0.15, 0.2) is 0 Å². The van der Waals surface area contributed by atoms with Gasteiger partial charge in [-0.1, -0.05) is 24.3 Å². The molecular weight excluding hydrogens is 526 g/mol. The van der Waals surface area contributed by atoms with Gasteiger partial charge in [-0.3, -0.25) is 14.9 Å². The normalized spacial score (nSPS) is 24.4. The Labute approximate surface area is 239 Å². The number of nitrogens with zero attached hydrogens (tertiary/aromatic N) is 6. The number of ether oxygens (including phenoxy) is 2. The maximum Gasteiger partial charge on any atom is 0.333 e. The molecule has 1 unspecified atom stereocenters. The lowest BCUT2D eigenvalue weighted by Gasteiger charge is -2.37. The number of methoxy groups -OCH3 is 1. The SMILES string of the molecule is COC(=O)C1(Cc2nc(OC[C@@H]3CCCN3C)nc(N3CCN[C@@H](CC#N)C3)c2[N+](=O)[O-])CCCc2ccccc21. The van der Waals surface area contributed by atoms with Crippen LogP contribution < -0.4 is 15.0 Å². The van der Waals surface area contributed by atoms with Crippen molar-refractivity contribution in [1.29, 1.82) is 5.26 Å². The number of nitro groups is 1. The highest BCUT2D eigenvalue weighted by Crippen LogP contribution is 2.44. The Balaban J connectivity index is 1.61. The fourth-order valence-corrected chi connectivity index (χ4v) is 6.56. The van der Waals surface area contributed by atoms with Crippen molar-refractivity contribution in [2.24, 2.45) is 0 Å². The van der Waals surface area contributed by atoms with E-state index in [1.807, 2.05) is 36.2 Å². The average molecular weight is 564 g/mol. The number of esters is 1. The highest BCUT2D eigenvalue weighted by atomic mass is 16.6. The van der Waals surface area contributed by atoms with E-state index in [1.54, 1.807) is 0 Å². The summed E-state index contributed by atoms with van der Waals surface area (Å²) >= 11 is 0. The molecule has 12 nitrogen and oxygen atoms in total. The summed E-state index contributed by atoms with van der Waals surface area (Å²) < 4.78 is 11.5. The van der Waals surface area contributed by atoms with Crippen molar-refractivity contribution in [1.82, 2.24) is 20.2 Å². The van der Waals surface area contributed by atoms with E-state index in [9.17, 15) is 20.2 Å². The number of nitrogens with one attached hydrogen (secondary N) is 1. The minimum atomic E-state index is -1.13. The zero-order valence-corrected chi connectivity index (χ0v) is 23.7. The van der Waals surface area contributed by atoms with Crippen molar-refractivity contribution in [3.05, 3.63) is 51.2 Å². The molecule has 2 aromatic rings. The van der Waals surface area contributed by atoms with Gasteiger partial charge in [-0.25, -0.2) is 0 Å². The number of aromatic nitrogens is 2. The van der Waals surface area contributed by atoms with Gasteiger partial charge in [-0.15, -0.1) is 0 Å². The fourth-order valence-electron chi connectivity index (χ4n) is 6.56. The van der Waals surface area contributed by atoms with Crippen LogP contribution in [-0.2, 0) is 27.8 Å². The molecule has 0 saturated carbocycles. The summed E-state index contributed by atoms with van der Waals surface area (Å²) in [6.07, 6.45) is 4.34. The molecule has 1 aromatic heterocycles. The van der Waals surface area contributed by atoms with Crippen LogP contribution in [0.1, 0.15) is 48.9 Å². The van der Waals surface area contributed by atoms with Gasteiger partial charge < -0.3 is 24.6 Å². The van der Waals surface area contributed by atoms with Crippen LogP contribution in [0.15, 0.2) is 24.3 Å². The summed E-state index contributed by atoms with van der Waals surface area (Å²) in [5.74, 6) is -0.284. The molecule has 1 aromatic carbocycles. The Morgan fingerprint density at radius 2 is 2.12 bits per heavy atom. The van der Waals surface area contributed by atoms with Crippen molar-refractivity contribution in [3.8, 4) is 12.1 Å². The number of rotatable bonds is 9. The van der Waals surface area contributed by atoms with Crippen LogP contribution in [0.5, 0.6) is 6.01 Å². The zero-order chi connectivity index (χ0) is 29.0. The monoisotopic (exact) mass is 563 g/mol. The van der Waals surface area contributed by atoms with Crippen molar-refractivity contribution in [2.45, 2.75) is 62.4 Å². The highest BCUT2D eigenvalue weighted by molar-refractivity contribution is 5.85. The molecule has 1 aliphatic carbocycles. The number of hydrogen-bond acceptors (Lipinski definition) is 11. The molecule has 3 heterocycles. The van der Waals surface area contributed by atoms with E-state index in [2.05, 4.69) is 26.3 Å². The molecule has 0 bridgehead atoms. The molecule has 0 spiro atoms. The molecule has 2 saturated heterocycles. The standard InChI is InChI=1S/C29H37N7O5/c1-34-15-6-9-22(34)19-41-28-32-24(17-29(27(37)40-2)12-5-8-20-7-3-4-10-23(20)29)25(36(38)39)26(33-28)35-16-14-31-21(18-35)11-13-30/h3-4,7,10,21-22,31H,5-6,8-9,11-12,14-19H2,1-2H3/t21-,22-,29?/m0/s1. The number of hydrogen-bond donors (Lipinski definition) is 1. The van der Waals surface area contributed by atoms with E-state index < -0.39 is 16.3 Å². The molecule has 1 N–H and O–H groups in total. The summed E-state index contributed by atoms with van der Waals surface area (Å²) in [6, 6.07) is 10.00. The number of nitriles is 1. The number of carbonyl (C=O) groups excluding carboxylic acids is 1. The molecule has 3 atom stereocenters. The topological polar surface area (TPSA) is 147 Å². The maximum absolute atomic E-state index is 13.5. The Kier molecular flexibility index (Phi) is 8.65. The number of carbonyl (C=O) groups is 1. The largest absolute Gasteiger partial charge is 0.468 e. The molecule has 5 rings (SSSR count). The van der Waals surface area contributed by atoms with Crippen LogP contribution >= 0.6 is 0 Å². The van der Waals surface area contributed by atoms with E-state index in [0.29, 0.717) is 32.7 Å². The molecular formula is C29H37N7O5. The van der Waals surface area contributed by atoms with Gasteiger partial charge in [0.05, 0.1) is 29.9 Å². The van der Waals surface area contributed by atoms with Crippen LogP contribution in [0.2, 0.25) is 0 Å². The lowest BCUT2D eigenvalue weighted by Crippen LogP contribution is -2.51. The number of benzene rings is 1. The predicted molar refractivity (Wildman–Crippen MR) is 151 cm³/mol. The van der Waals surface area contributed by atoms with Gasteiger partial charge >= 0.3 is 17.7 Å². The van der Waals surface area contributed by atoms with Gasteiger partial charge in [0.25, 0.3) is 0 Å². The number of aryl methyl sites for hydroxylation is 1.